The lowest BCUT2D eigenvalue weighted by Crippen LogP contribution is -2.52. The zero-order valence-corrected chi connectivity index (χ0v) is 8.73. The first-order valence-electron chi connectivity index (χ1n) is 5.32. The smallest absolute Gasteiger partial charge is 0.343 e. The zero-order chi connectivity index (χ0) is 12.0. The van der Waals surface area contributed by atoms with Crippen LogP contribution in [0.5, 0.6) is 0 Å². The average molecular weight is 237 g/mol. The van der Waals surface area contributed by atoms with Crippen molar-refractivity contribution < 1.29 is 23.1 Å². The molecule has 92 valence electrons. The maximum Gasteiger partial charge on any atom is 0.343 e. The monoisotopic (exact) mass is 237 g/mol. The first-order chi connectivity index (χ1) is 7.31. The van der Waals surface area contributed by atoms with Gasteiger partial charge in [0.1, 0.15) is 0 Å². The van der Waals surface area contributed by atoms with Gasteiger partial charge in [-0.2, -0.15) is 0 Å². The Morgan fingerprint density at radius 1 is 1.06 bits per heavy atom. The van der Waals surface area contributed by atoms with E-state index in [0.29, 0.717) is 0 Å². The van der Waals surface area contributed by atoms with E-state index >= 15 is 0 Å². The summed E-state index contributed by atoms with van der Waals surface area (Å²) in [5, 5.41) is 11.6. The fraction of sp³-hybridized carbons (Fsp3) is 0.900. The van der Waals surface area contributed by atoms with Gasteiger partial charge >= 0.3 is 5.97 Å². The Balaban J connectivity index is 2.23. The number of alkyl halides is 3. The lowest BCUT2D eigenvalue weighted by Gasteiger charge is -2.42. The molecule has 0 bridgehead atoms. The van der Waals surface area contributed by atoms with Crippen molar-refractivity contribution in [1.29, 1.82) is 0 Å². The Hall–Kier alpha value is -0.780. The van der Waals surface area contributed by atoms with E-state index in [0.717, 1.165) is 0 Å². The highest BCUT2D eigenvalue weighted by Crippen LogP contribution is 2.52. The molecule has 3 nitrogen and oxygen atoms in total. The summed E-state index contributed by atoms with van der Waals surface area (Å²) >= 11 is 0. The lowest BCUT2D eigenvalue weighted by atomic mass is 9.65. The molecule has 0 aromatic carbocycles. The number of hydrogen-bond donors (Lipinski definition) is 2. The van der Waals surface area contributed by atoms with Crippen molar-refractivity contribution >= 4 is 5.97 Å². The van der Waals surface area contributed by atoms with E-state index in [-0.39, 0.29) is 25.9 Å². The van der Waals surface area contributed by atoms with E-state index in [1.807, 2.05) is 0 Å². The Bertz CT molecular complexity index is 311. The second-order valence-electron chi connectivity index (χ2n) is 4.85. The van der Waals surface area contributed by atoms with Crippen molar-refractivity contribution in [3.63, 3.8) is 0 Å². The molecule has 0 aromatic rings. The van der Waals surface area contributed by atoms with E-state index in [1.165, 1.54) is 0 Å². The van der Waals surface area contributed by atoms with Crippen LogP contribution in [0.15, 0.2) is 0 Å². The van der Waals surface area contributed by atoms with Crippen LogP contribution in [0.25, 0.3) is 0 Å². The summed E-state index contributed by atoms with van der Waals surface area (Å²) in [5.74, 6) is -4.31. The van der Waals surface area contributed by atoms with Crippen molar-refractivity contribution in [3.05, 3.63) is 0 Å². The van der Waals surface area contributed by atoms with Gasteiger partial charge in [0.15, 0.2) is 0 Å². The molecule has 1 aliphatic carbocycles. The number of hydrogen-bond acceptors (Lipinski definition) is 2. The topological polar surface area (TPSA) is 49.3 Å². The first kappa shape index (κ1) is 11.7. The second-order valence-corrected chi connectivity index (χ2v) is 4.85. The largest absolute Gasteiger partial charge is 0.479 e. The number of nitrogens with one attached hydrogen (secondary N) is 1. The molecule has 1 unspecified atom stereocenters. The van der Waals surface area contributed by atoms with Gasteiger partial charge < -0.3 is 10.4 Å². The molecular formula is C10H14F3NO2. The van der Waals surface area contributed by atoms with Gasteiger partial charge in [-0.05, 0) is 12.8 Å². The molecule has 16 heavy (non-hydrogen) atoms. The maximum atomic E-state index is 14.3. The quantitative estimate of drug-likeness (QED) is 0.728. The molecule has 1 saturated heterocycles. The minimum Gasteiger partial charge on any atom is -0.479 e. The molecule has 2 aliphatic rings. The number of carboxylic acids is 1. The predicted molar refractivity (Wildman–Crippen MR) is 50.2 cm³/mol. The number of halogens is 3. The molecule has 0 amide bonds. The number of aliphatic carboxylic acids is 1. The number of rotatable bonds is 1. The summed E-state index contributed by atoms with van der Waals surface area (Å²) in [6, 6.07) is 0. The molecule has 2 rings (SSSR count). The molecule has 1 spiro atoms. The van der Waals surface area contributed by atoms with Crippen LogP contribution >= 0.6 is 0 Å². The lowest BCUT2D eigenvalue weighted by molar-refractivity contribution is -0.164. The molecule has 2 N–H and O–H groups in total. The van der Waals surface area contributed by atoms with Gasteiger partial charge in [-0.15, -0.1) is 0 Å². The van der Waals surface area contributed by atoms with Crippen molar-refractivity contribution in [2.75, 3.05) is 13.1 Å². The molecule has 1 heterocycles. The van der Waals surface area contributed by atoms with Crippen molar-refractivity contribution in [2.24, 2.45) is 5.41 Å². The summed E-state index contributed by atoms with van der Waals surface area (Å²) in [6.07, 6.45) is -0.993. The van der Waals surface area contributed by atoms with Crippen molar-refractivity contribution in [1.82, 2.24) is 5.32 Å². The third-order valence-corrected chi connectivity index (χ3v) is 3.95. The normalized spacial score (nSPS) is 36.4. The van der Waals surface area contributed by atoms with Gasteiger partial charge in [0.25, 0.3) is 0 Å². The number of carboxylic acid groups (broad SMARTS) is 1. The van der Waals surface area contributed by atoms with E-state index in [1.54, 1.807) is 0 Å². The van der Waals surface area contributed by atoms with Crippen molar-refractivity contribution in [3.8, 4) is 0 Å². The molecule has 6 heteroatoms. The summed E-state index contributed by atoms with van der Waals surface area (Å²) in [5.41, 5.74) is -3.55. The van der Waals surface area contributed by atoms with Crippen LogP contribution < -0.4 is 5.32 Å². The standard InChI is InChI=1S/C10H14F3NO2/c11-9(12)3-1-8(2-4-9)5-14-6-10(8,13)7(15)16/h14H,1-6H2,(H,15,16). The van der Waals surface area contributed by atoms with Gasteiger partial charge in [0, 0.05) is 31.3 Å². The van der Waals surface area contributed by atoms with Gasteiger partial charge in [0.05, 0.1) is 0 Å². The van der Waals surface area contributed by atoms with Crippen LogP contribution in [0.2, 0.25) is 0 Å². The van der Waals surface area contributed by atoms with E-state index in [9.17, 15) is 18.0 Å². The fourth-order valence-corrected chi connectivity index (χ4v) is 2.77. The summed E-state index contributed by atoms with van der Waals surface area (Å²) < 4.78 is 40.3. The van der Waals surface area contributed by atoms with Crippen molar-refractivity contribution in [2.45, 2.75) is 37.3 Å². The Morgan fingerprint density at radius 3 is 2.12 bits per heavy atom. The average Bonchev–Trinajstić information content (AvgIpc) is 2.51. The Morgan fingerprint density at radius 2 is 1.62 bits per heavy atom. The Kier molecular flexibility index (Phi) is 2.45. The van der Waals surface area contributed by atoms with Crippen LogP contribution in [-0.2, 0) is 4.79 Å². The van der Waals surface area contributed by atoms with E-state index in [2.05, 4.69) is 5.32 Å². The number of carbonyl (C=O) groups is 1. The minimum absolute atomic E-state index is 0.0736. The molecular weight excluding hydrogens is 223 g/mol. The predicted octanol–water partition coefficient (Wildman–Crippen LogP) is 1.58. The molecule has 1 atom stereocenters. The molecule has 1 saturated carbocycles. The highest BCUT2D eigenvalue weighted by Gasteiger charge is 2.63. The third kappa shape index (κ3) is 1.50. The van der Waals surface area contributed by atoms with Crippen LogP contribution in [-0.4, -0.2) is 35.8 Å². The van der Waals surface area contributed by atoms with Crippen LogP contribution in [0.4, 0.5) is 13.2 Å². The van der Waals surface area contributed by atoms with Crippen LogP contribution in [0.3, 0.4) is 0 Å². The van der Waals surface area contributed by atoms with E-state index < -0.39 is 35.8 Å². The Labute approximate surface area is 91.0 Å². The molecule has 1 aliphatic heterocycles. The van der Waals surface area contributed by atoms with E-state index in [4.69, 9.17) is 5.11 Å². The van der Waals surface area contributed by atoms with Crippen LogP contribution in [0, 0.1) is 5.41 Å². The first-order valence-corrected chi connectivity index (χ1v) is 5.32. The fourth-order valence-electron chi connectivity index (χ4n) is 2.77. The summed E-state index contributed by atoms with van der Waals surface area (Å²) in [7, 11) is 0. The van der Waals surface area contributed by atoms with Gasteiger partial charge in [0.2, 0.25) is 11.6 Å². The van der Waals surface area contributed by atoms with Crippen LogP contribution in [0.1, 0.15) is 25.7 Å². The van der Waals surface area contributed by atoms with Gasteiger partial charge in [-0.3, -0.25) is 0 Å². The SMILES string of the molecule is O=C(O)C1(F)CNCC12CCC(F)(F)CC2. The maximum absolute atomic E-state index is 14.3. The highest BCUT2D eigenvalue weighted by atomic mass is 19.3. The molecule has 0 aromatic heterocycles. The summed E-state index contributed by atoms with van der Waals surface area (Å²) in [6.45, 7) is -0.111. The highest BCUT2D eigenvalue weighted by molar-refractivity contribution is 5.79. The third-order valence-electron chi connectivity index (χ3n) is 3.95. The van der Waals surface area contributed by atoms with Gasteiger partial charge in [-0.25, -0.2) is 18.0 Å². The molecule has 0 radical (unpaired) electrons. The molecule has 2 fully saturated rings. The zero-order valence-electron chi connectivity index (χ0n) is 8.73. The summed E-state index contributed by atoms with van der Waals surface area (Å²) in [4.78, 5) is 11.0. The second kappa shape index (κ2) is 3.35. The minimum atomic E-state index is -2.77. The van der Waals surface area contributed by atoms with Gasteiger partial charge in [-0.1, -0.05) is 0 Å².